The van der Waals surface area contributed by atoms with Crippen molar-refractivity contribution in [3.8, 4) is 5.75 Å². The van der Waals surface area contributed by atoms with Crippen molar-refractivity contribution in [2.75, 3.05) is 19.7 Å². The summed E-state index contributed by atoms with van der Waals surface area (Å²) < 4.78 is 8.21. The van der Waals surface area contributed by atoms with Gasteiger partial charge in [-0.1, -0.05) is 36.4 Å². The van der Waals surface area contributed by atoms with Gasteiger partial charge >= 0.3 is 0 Å². The summed E-state index contributed by atoms with van der Waals surface area (Å²) in [5.74, 6) is 1.96. The predicted octanol–water partition coefficient (Wildman–Crippen LogP) is 3.80. The number of aromatic nitrogens is 2. The first-order valence-electron chi connectivity index (χ1n) is 8.85. The van der Waals surface area contributed by atoms with Crippen LogP contribution in [0.3, 0.4) is 0 Å². The van der Waals surface area contributed by atoms with Crippen LogP contribution < -0.4 is 10.1 Å². The Kier molecular flexibility index (Phi) is 4.53. The normalized spacial score (nSPS) is 14.5. The van der Waals surface area contributed by atoms with E-state index in [1.54, 1.807) is 0 Å². The van der Waals surface area contributed by atoms with E-state index >= 15 is 0 Å². The van der Waals surface area contributed by atoms with E-state index < -0.39 is 0 Å². The van der Waals surface area contributed by atoms with Crippen molar-refractivity contribution in [1.29, 1.82) is 0 Å². The van der Waals surface area contributed by atoms with E-state index in [0.717, 1.165) is 37.6 Å². The first-order valence-corrected chi connectivity index (χ1v) is 8.85. The van der Waals surface area contributed by atoms with Gasteiger partial charge < -0.3 is 14.6 Å². The molecule has 0 spiro atoms. The minimum Gasteiger partial charge on any atom is -0.491 e. The van der Waals surface area contributed by atoms with Gasteiger partial charge in [0.1, 0.15) is 18.2 Å². The summed E-state index contributed by atoms with van der Waals surface area (Å²) >= 11 is 0. The van der Waals surface area contributed by atoms with Gasteiger partial charge in [0.2, 0.25) is 0 Å². The van der Waals surface area contributed by atoms with E-state index in [1.165, 1.54) is 21.9 Å². The molecule has 0 unspecified atom stereocenters. The van der Waals surface area contributed by atoms with E-state index in [0.29, 0.717) is 6.61 Å². The van der Waals surface area contributed by atoms with Crippen LogP contribution in [0.2, 0.25) is 0 Å². The Morgan fingerprint density at radius 1 is 1.16 bits per heavy atom. The Morgan fingerprint density at radius 2 is 2.04 bits per heavy atom. The Hall–Kier alpha value is -2.59. The summed E-state index contributed by atoms with van der Waals surface area (Å²) in [6, 6.07) is 12.8. The van der Waals surface area contributed by atoms with E-state index in [9.17, 15) is 0 Å². The molecule has 4 nitrogen and oxygen atoms in total. The largest absolute Gasteiger partial charge is 0.491 e. The van der Waals surface area contributed by atoms with Crippen LogP contribution in [0.5, 0.6) is 5.75 Å². The number of nitrogens with zero attached hydrogens (tertiary/aromatic N) is 2. The molecule has 25 heavy (non-hydrogen) atoms. The first kappa shape index (κ1) is 15.9. The second kappa shape index (κ2) is 7.11. The van der Waals surface area contributed by atoms with Crippen molar-refractivity contribution in [3.63, 3.8) is 0 Å². The Bertz CT molecular complexity index is 910. The van der Waals surface area contributed by atoms with Gasteiger partial charge in [0.05, 0.1) is 6.54 Å². The summed E-state index contributed by atoms with van der Waals surface area (Å²) in [6.07, 6.45) is 7.25. The van der Waals surface area contributed by atoms with Gasteiger partial charge in [-0.15, -0.1) is 0 Å². The van der Waals surface area contributed by atoms with Gasteiger partial charge in [0, 0.05) is 24.3 Å². The van der Waals surface area contributed by atoms with E-state index in [1.807, 2.05) is 19.3 Å². The van der Waals surface area contributed by atoms with Crippen LogP contribution in [-0.2, 0) is 6.54 Å². The molecule has 1 N–H and O–H groups in total. The highest BCUT2D eigenvalue weighted by molar-refractivity contribution is 5.97. The maximum absolute atomic E-state index is 6.11. The summed E-state index contributed by atoms with van der Waals surface area (Å²) in [4.78, 5) is 4.25. The zero-order valence-corrected chi connectivity index (χ0v) is 14.5. The molecule has 3 aromatic rings. The van der Waals surface area contributed by atoms with Crippen LogP contribution in [0.25, 0.3) is 16.3 Å². The fourth-order valence-corrected chi connectivity index (χ4v) is 3.42. The molecule has 4 rings (SSSR count). The second-order valence-electron chi connectivity index (χ2n) is 6.37. The molecule has 0 amide bonds. The SMILES string of the molecule is Cc1nccn1CCOc1ccc(C2=CCCNC2)c2ccccc12. The minimum absolute atomic E-state index is 0.630. The summed E-state index contributed by atoms with van der Waals surface area (Å²) in [5.41, 5.74) is 2.68. The lowest BCUT2D eigenvalue weighted by molar-refractivity contribution is 0.300. The predicted molar refractivity (Wildman–Crippen MR) is 102 cm³/mol. The van der Waals surface area contributed by atoms with Crippen LogP contribution >= 0.6 is 0 Å². The number of aryl methyl sites for hydroxylation is 1. The number of nitrogens with one attached hydrogen (secondary N) is 1. The van der Waals surface area contributed by atoms with Crippen molar-refractivity contribution >= 4 is 16.3 Å². The molecule has 1 aliphatic rings. The fraction of sp³-hybridized carbons (Fsp3) is 0.286. The molecule has 0 atom stereocenters. The molecule has 0 saturated heterocycles. The third kappa shape index (κ3) is 3.30. The van der Waals surface area contributed by atoms with E-state index in [4.69, 9.17) is 4.74 Å². The number of ether oxygens (including phenoxy) is 1. The lowest BCUT2D eigenvalue weighted by Gasteiger charge is -2.18. The highest BCUT2D eigenvalue weighted by atomic mass is 16.5. The van der Waals surface area contributed by atoms with Crippen molar-refractivity contribution in [1.82, 2.24) is 14.9 Å². The lowest BCUT2D eigenvalue weighted by Crippen LogP contribution is -2.21. The van der Waals surface area contributed by atoms with Crippen LogP contribution in [0.15, 0.2) is 54.9 Å². The zero-order valence-electron chi connectivity index (χ0n) is 14.5. The van der Waals surface area contributed by atoms with Crippen molar-refractivity contribution in [3.05, 3.63) is 66.3 Å². The molecule has 1 aliphatic heterocycles. The van der Waals surface area contributed by atoms with Gasteiger partial charge in [0.25, 0.3) is 0 Å². The van der Waals surface area contributed by atoms with Crippen molar-refractivity contribution in [2.24, 2.45) is 0 Å². The minimum atomic E-state index is 0.630. The molecule has 2 aromatic carbocycles. The average Bonchev–Trinajstić information content (AvgIpc) is 3.07. The topological polar surface area (TPSA) is 39.1 Å². The Labute approximate surface area is 148 Å². The molecule has 128 valence electrons. The number of fused-ring (bicyclic) bond motifs is 1. The van der Waals surface area contributed by atoms with Gasteiger partial charge in [-0.25, -0.2) is 4.98 Å². The number of benzene rings is 2. The first-order chi connectivity index (χ1) is 12.3. The average molecular weight is 333 g/mol. The third-order valence-electron chi connectivity index (χ3n) is 4.77. The summed E-state index contributed by atoms with van der Waals surface area (Å²) in [6.45, 7) is 5.44. The maximum atomic E-state index is 6.11. The molecular weight excluding hydrogens is 310 g/mol. The Morgan fingerprint density at radius 3 is 2.80 bits per heavy atom. The van der Waals surface area contributed by atoms with Gasteiger partial charge in [-0.2, -0.15) is 0 Å². The lowest BCUT2D eigenvalue weighted by atomic mass is 9.95. The van der Waals surface area contributed by atoms with Crippen LogP contribution in [0.4, 0.5) is 0 Å². The summed E-state index contributed by atoms with van der Waals surface area (Å²) in [5, 5.41) is 5.89. The fourth-order valence-electron chi connectivity index (χ4n) is 3.42. The number of hydrogen-bond donors (Lipinski definition) is 1. The van der Waals surface area contributed by atoms with E-state index in [-0.39, 0.29) is 0 Å². The highest BCUT2D eigenvalue weighted by Gasteiger charge is 2.12. The Balaban J connectivity index is 1.60. The molecule has 0 radical (unpaired) electrons. The standard InChI is InChI=1S/C21H23N3O/c1-16-23-11-12-24(16)13-14-25-21-9-8-18(17-5-4-10-22-15-17)19-6-2-3-7-20(19)21/h2-3,5-9,11-12,22H,4,10,13-15H2,1H3. The number of imidazole rings is 1. The van der Waals surface area contributed by atoms with Crippen LogP contribution in [-0.4, -0.2) is 29.2 Å². The van der Waals surface area contributed by atoms with E-state index in [2.05, 4.69) is 57.3 Å². The molecule has 0 bridgehead atoms. The van der Waals surface area contributed by atoms with Crippen LogP contribution in [0.1, 0.15) is 17.8 Å². The highest BCUT2D eigenvalue weighted by Crippen LogP contribution is 2.32. The molecule has 0 saturated carbocycles. The second-order valence-corrected chi connectivity index (χ2v) is 6.37. The molecular formula is C21H23N3O. The third-order valence-corrected chi connectivity index (χ3v) is 4.77. The maximum Gasteiger partial charge on any atom is 0.127 e. The van der Waals surface area contributed by atoms with Crippen molar-refractivity contribution in [2.45, 2.75) is 19.9 Å². The summed E-state index contributed by atoms with van der Waals surface area (Å²) in [7, 11) is 0. The van der Waals surface area contributed by atoms with Crippen molar-refractivity contribution < 1.29 is 4.74 Å². The zero-order chi connectivity index (χ0) is 17.1. The number of rotatable bonds is 5. The monoisotopic (exact) mass is 333 g/mol. The smallest absolute Gasteiger partial charge is 0.127 e. The molecule has 4 heteroatoms. The van der Waals surface area contributed by atoms with Gasteiger partial charge in [-0.05, 0) is 42.5 Å². The number of hydrogen-bond acceptors (Lipinski definition) is 3. The molecule has 2 heterocycles. The quantitative estimate of drug-likeness (QED) is 0.772. The van der Waals surface area contributed by atoms with Gasteiger partial charge in [-0.3, -0.25) is 0 Å². The molecule has 0 aliphatic carbocycles. The van der Waals surface area contributed by atoms with Gasteiger partial charge in [0.15, 0.2) is 0 Å². The van der Waals surface area contributed by atoms with Crippen LogP contribution in [0, 0.1) is 6.92 Å². The molecule has 0 fully saturated rings. The molecule has 1 aromatic heterocycles.